The standard InChI is InChI=1S/C15H17NO2/c1-10-4-3-5-12(15(10)18)9-16-13-6-7-14(17)11(2)8-13/h3-8,16-18H,9H2,1-2H3. The van der Waals surface area contributed by atoms with E-state index in [0.717, 1.165) is 22.4 Å². The maximum atomic E-state index is 9.89. The van der Waals surface area contributed by atoms with Crippen molar-refractivity contribution in [2.24, 2.45) is 0 Å². The fourth-order valence-corrected chi connectivity index (χ4v) is 1.83. The van der Waals surface area contributed by atoms with Crippen molar-refractivity contribution in [2.75, 3.05) is 5.32 Å². The van der Waals surface area contributed by atoms with Crippen LogP contribution in [0.25, 0.3) is 0 Å². The van der Waals surface area contributed by atoms with Crippen LogP contribution in [0.4, 0.5) is 5.69 Å². The van der Waals surface area contributed by atoms with Gasteiger partial charge in [0.1, 0.15) is 11.5 Å². The smallest absolute Gasteiger partial charge is 0.123 e. The van der Waals surface area contributed by atoms with E-state index in [1.54, 1.807) is 6.07 Å². The molecule has 0 radical (unpaired) electrons. The molecule has 94 valence electrons. The van der Waals surface area contributed by atoms with Gasteiger partial charge in [-0.15, -0.1) is 0 Å². The summed E-state index contributed by atoms with van der Waals surface area (Å²) in [6, 6.07) is 11.0. The summed E-state index contributed by atoms with van der Waals surface area (Å²) >= 11 is 0. The Labute approximate surface area is 107 Å². The van der Waals surface area contributed by atoms with E-state index in [-0.39, 0.29) is 0 Å². The molecule has 0 aliphatic heterocycles. The fraction of sp³-hybridized carbons (Fsp3) is 0.200. The molecule has 3 nitrogen and oxygen atoms in total. The number of benzene rings is 2. The molecule has 0 heterocycles. The highest BCUT2D eigenvalue weighted by atomic mass is 16.3. The summed E-state index contributed by atoms with van der Waals surface area (Å²) in [4.78, 5) is 0. The van der Waals surface area contributed by atoms with Crippen molar-refractivity contribution in [3.63, 3.8) is 0 Å². The Hall–Kier alpha value is -2.16. The summed E-state index contributed by atoms with van der Waals surface area (Å²) in [5.74, 6) is 0.624. The van der Waals surface area contributed by atoms with E-state index in [1.165, 1.54) is 0 Å². The number of hydrogen-bond acceptors (Lipinski definition) is 3. The zero-order chi connectivity index (χ0) is 13.1. The quantitative estimate of drug-likeness (QED) is 0.725. The van der Waals surface area contributed by atoms with Crippen LogP contribution in [0.1, 0.15) is 16.7 Å². The van der Waals surface area contributed by atoms with Gasteiger partial charge < -0.3 is 15.5 Å². The van der Waals surface area contributed by atoms with Crippen LogP contribution in [0.3, 0.4) is 0 Å². The minimum Gasteiger partial charge on any atom is -0.508 e. The number of aromatic hydroxyl groups is 2. The lowest BCUT2D eigenvalue weighted by Crippen LogP contribution is -2.00. The average Bonchev–Trinajstić information content (AvgIpc) is 2.35. The van der Waals surface area contributed by atoms with E-state index in [4.69, 9.17) is 0 Å². The molecule has 0 saturated carbocycles. The Morgan fingerprint density at radius 2 is 1.78 bits per heavy atom. The monoisotopic (exact) mass is 243 g/mol. The maximum Gasteiger partial charge on any atom is 0.123 e. The minimum atomic E-state index is 0.291. The first-order chi connectivity index (χ1) is 8.58. The van der Waals surface area contributed by atoms with Crippen LogP contribution in [0, 0.1) is 13.8 Å². The summed E-state index contributed by atoms with van der Waals surface area (Å²) in [6.07, 6.45) is 0. The molecule has 0 unspecified atom stereocenters. The average molecular weight is 243 g/mol. The predicted octanol–water partition coefficient (Wildman–Crippen LogP) is 3.33. The highest BCUT2D eigenvalue weighted by molar-refractivity contribution is 5.51. The molecule has 0 fully saturated rings. The number of para-hydroxylation sites is 1. The Bertz CT molecular complexity index is 564. The number of anilines is 1. The summed E-state index contributed by atoms with van der Waals surface area (Å²) in [5.41, 5.74) is 3.48. The van der Waals surface area contributed by atoms with Crippen LogP contribution in [-0.4, -0.2) is 10.2 Å². The molecule has 0 spiro atoms. The molecule has 0 aromatic heterocycles. The largest absolute Gasteiger partial charge is 0.508 e. The van der Waals surface area contributed by atoms with Crippen molar-refractivity contribution >= 4 is 5.69 Å². The summed E-state index contributed by atoms with van der Waals surface area (Å²) < 4.78 is 0. The van der Waals surface area contributed by atoms with Gasteiger partial charge in [0, 0.05) is 17.8 Å². The highest BCUT2D eigenvalue weighted by Gasteiger charge is 2.04. The molecule has 0 saturated heterocycles. The minimum absolute atomic E-state index is 0.291. The fourth-order valence-electron chi connectivity index (χ4n) is 1.83. The van der Waals surface area contributed by atoms with Gasteiger partial charge in [0.05, 0.1) is 0 Å². The molecule has 3 N–H and O–H groups in total. The second-order valence-electron chi connectivity index (χ2n) is 4.44. The molecule has 2 aromatic carbocycles. The van der Waals surface area contributed by atoms with Gasteiger partial charge in [-0.3, -0.25) is 0 Å². The van der Waals surface area contributed by atoms with Crippen molar-refractivity contribution < 1.29 is 10.2 Å². The zero-order valence-electron chi connectivity index (χ0n) is 10.6. The van der Waals surface area contributed by atoms with Crippen LogP contribution in [-0.2, 0) is 6.54 Å². The van der Waals surface area contributed by atoms with E-state index >= 15 is 0 Å². The van der Waals surface area contributed by atoms with Gasteiger partial charge in [-0.1, -0.05) is 18.2 Å². The number of phenolic OH excluding ortho intramolecular Hbond substituents is 2. The first-order valence-electron chi connectivity index (χ1n) is 5.89. The summed E-state index contributed by atoms with van der Waals surface area (Å²) in [7, 11) is 0. The molecule has 0 amide bonds. The predicted molar refractivity (Wildman–Crippen MR) is 73.0 cm³/mol. The van der Waals surface area contributed by atoms with Crippen molar-refractivity contribution in [3.8, 4) is 11.5 Å². The van der Waals surface area contributed by atoms with Crippen molar-refractivity contribution in [3.05, 3.63) is 53.1 Å². The normalized spacial score (nSPS) is 10.3. The highest BCUT2D eigenvalue weighted by Crippen LogP contribution is 2.24. The van der Waals surface area contributed by atoms with E-state index in [1.807, 2.05) is 44.2 Å². The van der Waals surface area contributed by atoms with Gasteiger partial charge >= 0.3 is 0 Å². The summed E-state index contributed by atoms with van der Waals surface area (Å²) in [6.45, 7) is 4.28. The number of rotatable bonds is 3. The van der Waals surface area contributed by atoms with Gasteiger partial charge in [0.2, 0.25) is 0 Å². The lowest BCUT2D eigenvalue weighted by molar-refractivity contribution is 0.464. The third kappa shape index (κ3) is 2.56. The Morgan fingerprint density at radius 1 is 1.00 bits per heavy atom. The maximum absolute atomic E-state index is 9.89. The molecule has 2 rings (SSSR count). The third-order valence-electron chi connectivity index (χ3n) is 3.00. The lowest BCUT2D eigenvalue weighted by Gasteiger charge is -2.10. The molecule has 18 heavy (non-hydrogen) atoms. The van der Waals surface area contributed by atoms with Crippen LogP contribution >= 0.6 is 0 Å². The van der Waals surface area contributed by atoms with E-state index in [9.17, 15) is 10.2 Å². The van der Waals surface area contributed by atoms with Gasteiger partial charge in [-0.05, 0) is 43.2 Å². The third-order valence-corrected chi connectivity index (χ3v) is 3.00. The summed E-state index contributed by atoms with van der Waals surface area (Å²) in [5, 5.41) is 22.6. The lowest BCUT2D eigenvalue weighted by atomic mass is 10.1. The molecular weight excluding hydrogens is 226 g/mol. The molecule has 2 aromatic rings. The second-order valence-corrected chi connectivity index (χ2v) is 4.44. The molecule has 3 heteroatoms. The Kier molecular flexibility index (Phi) is 3.42. The molecule has 0 aliphatic carbocycles. The number of aryl methyl sites for hydroxylation is 2. The van der Waals surface area contributed by atoms with E-state index < -0.39 is 0 Å². The second kappa shape index (κ2) is 5.00. The first kappa shape index (κ1) is 12.3. The van der Waals surface area contributed by atoms with Crippen molar-refractivity contribution in [2.45, 2.75) is 20.4 Å². The van der Waals surface area contributed by atoms with E-state index in [0.29, 0.717) is 18.0 Å². The van der Waals surface area contributed by atoms with Crippen LogP contribution in [0.2, 0.25) is 0 Å². The Morgan fingerprint density at radius 3 is 2.50 bits per heavy atom. The molecule has 0 bridgehead atoms. The number of nitrogens with one attached hydrogen (secondary N) is 1. The van der Waals surface area contributed by atoms with Gasteiger partial charge in [0.25, 0.3) is 0 Å². The topological polar surface area (TPSA) is 52.5 Å². The molecule has 0 atom stereocenters. The van der Waals surface area contributed by atoms with Crippen molar-refractivity contribution in [1.82, 2.24) is 0 Å². The first-order valence-corrected chi connectivity index (χ1v) is 5.89. The SMILES string of the molecule is Cc1cc(NCc2cccc(C)c2O)ccc1O. The molecular formula is C15H17NO2. The zero-order valence-corrected chi connectivity index (χ0v) is 10.6. The number of hydrogen-bond donors (Lipinski definition) is 3. The van der Waals surface area contributed by atoms with Crippen LogP contribution in [0.5, 0.6) is 11.5 Å². The van der Waals surface area contributed by atoms with Gasteiger partial charge in [0.15, 0.2) is 0 Å². The van der Waals surface area contributed by atoms with Gasteiger partial charge in [-0.25, -0.2) is 0 Å². The van der Waals surface area contributed by atoms with Crippen LogP contribution < -0.4 is 5.32 Å². The Balaban J connectivity index is 2.11. The van der Waals surface area contributed by atoms with Crippen LogP contribution in [0.15, 0.2) is 36.4 Å². The van der Waals surface area contributed by atoms with Crippen molar-refractivity contribution in [1.29, 1.82) is 0 Å². The molecule has 0 aliphatic rings. The van der Waals surface area contributed by atoms with E-state index in [2.05, 4.69) is 5.32 Å². The van der Waals surface area contributed by atoms with Gasteiger partial charge in [-0.2, -0.15) is 0 Å². The number of phenols is 2.